The predicted octanol–water partition coefficient (Wildman–Crippen LogP) is 4.45. The number of carbonyl (C=O) groups is 1. The normalized spacial score (nSPS) is 13.9. The molecule has 2 unspecified atom stereocenters. The average molecular weight is 368 g/mol. The number of alkyl carbamates (subject to hydrolysis) is 1. The van der Waals surface area contributed by atoms with E-state index in [-0.39, 0.29) is 6.04 Å². The van der Waals surface area contributed by atoms with Crippen molar-refractivity contribution in [2.24, 2.45) is 0 Å². The van der Waals surface area contributed by atoms with E-state index in [1.165, 1.54) is 12.8 Å². The summed E-state index contributed by atoms with van der Waals surface area (Å²) < 4.78 is 17.7. The molecule has 0 saturated carbocycles. The number of ether oxygens (including phenoxy) is 1. The highest BCUT2D eigenvalue weighted by Crippen LogP contribution is 2.10. The maximum Gasteiger partial charge on any atom is 0.407 e. The fourth-order valence-electron chi connectivity index (χ4n) is 2.52. The zero-order valence-corrected chi connectivity index (χ0v) is 16.9. The summed E-state index contributed by atoms with van der Waals surface area (Å²) in [4.78, 5) is 12.1. The monoisotopic (exact) mass is 367 g/mol. The molecule has 0 aromatic heterocycles. The van der Waals surface area contributed by atoms with Crippen LogP contribution in [-0.2, 0) is 22.0 Å². The lowest BCUT2D eigenvalue weighted by Crippen LogP contribution is -2.43. The molecule has 0 saturated heterocycles. The molecule has 2 atom stereocenters. The molecular weight excluding hydrogens is 334 g/mol. The molecule has 0 heterocycles. The standard InChI is InChI=1S/C20H33NO3S/c1-5-6-7-11-14-25(23)16-18(15-17-12-9-8-10-13-17)21-19(22)24-20(2,3)4/h8-10,12-13,18H,5-7,11,14-16H2,1-4H3,(H,21,22). The smallest absolute Gasteiger partial charge is 0.407 e. The lowest BCUT2D eigenvalue weighted by atomic mass is 10.1. The number of unbranched alkanes of at least 4 members (excludes halogenated alkanes) is 3. The molecule has 0 bridgehead atoms. The van der Waals surface area contributed by atoms with Crippen molar-refractivity contribution in [3.63, 3.8) is 0 Å². The van der Waals surface area contributed by atoms with Crippen LogP contribution < -0.4 is 5.32 Å². The molecule has 1 rings (SSSR count). The number of amides is 1. The van der Waals surface area contributed by atoms with Crippen molar-refractivity contribution >= 4 is 16.9 Å². The third-order valence-corrected chi connectivity index (χ3v) is 5.18. The fourth-order valence-corrected chi connectivity index (χ4v) is 3.86. The maximum absolute atomic E-state index is 12.4. The van der Waals surface area contributed by atoms with E-state index < -0.39 is 22.5 Å². The Morgan fingerprint density at radius 3 is 2.44 bits per heavy atom. The van der Waals surface area contributed by atoms with Crippen LogP contribution in [0.15, 0.2) is 30.3 Å². The molecular formula is C20H33NO3S. The SMILES string of the molecule is CCCCCCS(=O)CC(Cc1ccccc1)NC(=O)OC(C)(C)C. The van der Waals surface area contributed by atoms with E-state index in [1.54, 1.807) is 0 Å². The van der Waals surface area contributed by atoms with Crippen molar-refractivity contribution in [3.05, 3.63) is 35.9 Å². The summed E-state index contributed by atoms with van der Waals surface area (Å²) in [6, 6.07) is 9.76. The van der Waals surface area contributed by atoms with E-state index in [1.807, 2.05) is 51.1 Å². The first-order chi connectivity index (χ1) is 11.8. The van der Waals surface area contributed by atoms with Gasteiger partial charge in [-0.1, -0.05) is 56.5 Å². The summed E-state index contributed by atoms with van der Waals surface area (Å²) in [6.07, 6.45) is 4.65. The van der Waals surface area contributed by atoms with Crippen LogP contribution in [0.5, 0.6) is 0 Å². The van der Waals surface area contributed by atoms with Gasteiger partial charge >= 0.3 is 6.09 Å². The molecule has 0 fully saturated rings. The maximum atomic E-state index is 12.4. The van der Waals surface area contributed by atoms with Gasteiger partial charge in [0, 0.05) is 28.3 Å². The quantitative estimate of drug-likeness (QED) is 0.622. The molecule has 4 nitrogen and oxygen atoms in total. The molecule has 1 aromatic carbocycles. The third kappa shape index (κ3) is 11.0. The van der Waals surface area contributed by atoms with Gasteiger partial charge in [0.2, 0.25) is 0 Å². The van der Waals surface area contributed by atoms with Gasteiger partial charge in [-0.25, -0.2) is 4.79 Å². The van der Waals surface area contributed by atoms with E-state index in [2.05, 4.69) is 12.2 Å². The first kappa shape index (κ1) is 21.7. The Kier molecular flexibility index (Phi) is 9.79. The van der Waals surface area contributed by atoms with Crippen LogP contribution in [-0.4, -0.2) is 33.5 Å². The van der Waals surface area contributed by atoms with Crippen LogP contribution in [0.3, 0.4) is 0 Å². The highest BCUT2D eigenvalue weighted by atomic mass is 32.2. The van der Waals surface area contributed by atoms with Crippen LogP contribution in [0.4, 0.5) is 4.79 Å². The summed E-state index contributed by atoms with van der Waals surface area (Å²) in [5.41, 5.74) is 0.576. The number of hydrogen-bond acceptors (Lipinski definition) is 3. The molecule has 0 radical (unpaired) electrons. The second-order valence-electron chi connectivity index (χ2n) is 7.40. The van der Waals surface area contributed by atoms with Crippen LogP contribution in [0.1, 0.15) is 58.9 Å². The van der Waals surface area contributed by atoms with Gasteiger partial charge in [-0.3, -0.25) is 4.21 Å². The van der Waals surface area contributed by atoms with Gasteiger partial charge in [0.1, 0.15) is 5.60 Å². The number of rotatable bonds is 10. The molecule has 0 spiro atoms. The molecule has 0 aliphatic rings. The van der Waals surface area contributed by atoms with Crippen molar-refractivity contribution in [1.82, 2.24) is 5.32 Å². The highest BCUT2D eigenvalue weighted by Gasteiger charge is 2.21. The highest BCUT2D eigenvalue weighted by molar-refractivity contribution is 7.85. The number of hydrogen-bond donors (Lipinski definition) is 1. The average Bonchev–Trinajstić information content (AvgIpc) is 2.50. The van der Waals surface area contributed by atoms with Crippen LogP contribution in [0.2, 0.25) is 0 Å². The lowest BCUT2D eigenvalue weighted by Gasteiger charge is -2.23. The minimum Gasteiger partial charge on any atom is -0.444 e. The van der Waals surface area contributed by atoms with Gasteiger partial charge in [0.05, 0.1) is 0 Å². The molecule has 1 aromatic rings. The largest absolute Gasteiger partial charge is 0.444 e. The Balaban J connectivity index is 2.61. The van der Waals surface area contributed by atoms with E-state index >= 15 is 0 Å². The van der Waals surface area contributed by atoms with Gasteiger partial charge in [0.15, 0.2) is 0 Å². The van der Waals surface area contributed by atoms with Gasteiger partial charge in [-0.05, 0) is 39.2 Å². The van der Waals surface area contributed by atoms with E-state index in [4.69, 9.17) is 4.74 Å². The van der Waals surface area contributed by atoms with Gasteiger partial charge < -0.3 is 10.1 Å². The molecule has 1 N–H and O–H groups in total. The van der Waals surface area contributed by atoms with Crippen molar-refractivity contribution in [3.8, 4) is 0 Å². The van der Waals surface area contributed by atoms with Gasteiger partial charge in [-0.15, -0.1) is 0 Å². The third-order valence-electron chi connectivity index (χ3n) is 3.66. The minimum atomic E-state index is -0.937. The summed E-state index contributed by atoms with van der Waals surface area (Å²) in [7, 11) is -0.937. The molecule has 5 heteroatoms. The zero-order chi connectivity index (χ0) is 18.7. The number of benzene rings is 1. The predicted molar refractivity (Wildman–Crippen MR) is 105 cm³/mol. The number of carbonyl (C=O) groups excluding carboxylic acids is 1. The Morgan fingerprint density at radius 1 is 1.16 bits per heavy atom. The second kappa shape index (κ2) is 11.3. The van der Waals surface area contributed by atoms with E-state index in [0.29, 0.717) is 17.9 Å². The number of nitrogens with one attached hydrogen (secondary N) is 1. The Labute approximate surface area is 155 Å². The van der Waals surface area contributed by atoms with Gasteiger partial charge in [-0.2, -0.15) is 0 Å². The summed E-state index contributed by atoms with van der Waals surface area (Å²) in [5.74, 6) is 1.15. The van der Waals surface area contributed by atoms with Crippen molar-refractivity contribution in [1.29, 1.82) is 0 Å². The topological polar surface area (TPSA) is 55.4 Å². The van der Waals surface area contributed by atoms with Crippen LogP contribution >= 0.6 is 0 Å². The summed E-state index contributed by atoms with van der Waals surface area (Å²) in [5, 5.41) is 2.90. The van der Waals surface area contributed by atoms with Crippen LogP contribution in [0, 0.1) is 0 Å². The minimum absolute atomic E-state index is 0.191. The zero-order valence-electron chi connectivity index (χ0n) is 16.0. The molecule has 0 aliphatic carbocycles. The molecule has 0 aliphatic heterocycles. The molecule has 25 heavy (non-hydrogen) atoms. The first-order valence-electron chi connectivity index (χ1n) is 9.18. The summed E-state index contributed by atoms with van der Waals surface area (Å²) >= 11 is 0. The Bertz CT molecular complexity index is 525. The molecule has 142 valence electrons. The van der Waals surface area contributed by atoms with Crippen molar-refractivity contribution < 1.29 is 13.7 Å². The van der Waals surface area contributed by atoms with E-state index in [0.717, 1.165) is 18.4 Å². The Hall–Kier alpha value is -1.36. The summed E-state index contributed by atoms with van der Waals surface area (Å²) in [6.45, 7) is 7.68. The second-order valence-corrected chi connectivity index (χ2v) is 9.03. The fraction of sp³-hybridized carbons (Fsp3) is 0.650. The van der Waals surface area contributed by atoms with Crippen LogP contribution in [0.25, 0.3) is 0 Å². The van der Waals surface area contributed by atoms with Crippen molar-refractivity contribution in [2.75, 3.05) is 11.5 Å². The Morgan fingerprint density at radius 2 is 1.84 bits per heavy atom. The molecule has 1 amide bonds. The van der Waals surface area contributed by atoms with E-state index in [9.17, 15) is 9.00 Å². The first-order valence-corrected chi connectivity index (χ1v) is 10.7. The van der Waals surface area contributed by atoms with Gasteiger partial charge in [0.25, 0.3) is 0 Å². The van der Waals surface area contributed by atoms with Crippen molar-refractivity contribution in [2.45, 2.75) is 71.4 Å². The lowest BCUT2D eigenvalue weighted by molar-refractivity contribution is 0.0509.